The molecule has 1 heterocycles. The maximum Gasteiger partial charge on any atom is 0.191 e. The SMILES string of the molecule is CCNC(=NCCCn1nc(C)cc1C)NCCc1ccc(F)cc1Cl.I. The molecular formula is C19H28ClFIN5. The Kier molecular flexibility index (Phi) is 10.7. The lowest BCUT2D eigenvalue weighted by molar-refractivity contribution is 0.567. The minimum absolute atomic E-state index is 0. The zero-order chi connectivity index (χ0) is 18.9. The summed E-state index contributed by atoms with van der Waals surface area (Å²) in [5.74, 6) is 0.461. The molecule has 0 aliphatic rings. The van der Waals surface area contributed by atoms with Gasteiger partial charge in [0.05, 0.1) is 5.69 Å². The summed E-state index contributed by atoms with van der Waals surface area (Å²) < 4.78 is 15.1. The fraction of sp³-hybridized carbons (Fsp3) is 0.474. The Morgan fingerprint density at radius 1 is 1.26 bits per heavy atom. The first-order valence-corrected chi connectivity index (χ1v) is 9.34. The van der Waals surface area contributed by atoms with E-state index in [0.29, 0.717) is 24.5 Å². The average Bonchev–Trinajstić information content (AvgIpc) is 2.91. The Morgan fingerprint density at radius 3 is 2.67 bits per heavy atom. The van der Waals surface area contributed by atoms with E-state index in [-0.39, 0.29) is 29.8 Å². The first kappa shape index (κ1) is 23.7. The van der Waals surface area contributed by atoms with E-state index in [1.54, 1.807) is 6.07 Å². The van der Waals surface area contributed by atoms with E-state index in [0.717, 1.165) is 36.7 Å². The second-order valence-corrected chi connectivity index (χ2v) is 6.58. The number of halogens is 3. The van der Waals surface area contributed by atoms with Crippen LogP contribution in [0.5, 0.6) is 0 Å². The molecule has 0 bridgehead atoms. The fourth-order valence-corrected chi connectivity index (χ4v) is 2.96. The lowest BCUT2D eigenvalue weighted by atomic mass is 10.1. The van der Waals surface area contributed by atoms with Gasteiger partial charge in [-0.2, -0.15) is 5.10 Å². The summed E-state index contributed by atoms with van der Waals surface area (Å²) in [5, 5.41) is 11.4. The van der Waals surface area contributed by atoms with Gasteiger partial charge in [0.25, 0.3) is 0 Å². The molecule has 0 amide bonds. The monoisotopic (exact) mass is 507 g/mol. The lowest BCUT2D eigenvalue weighted by Crippen LogP contribution is -2.38. The van der Waals surface area contributed by atoms with Crippen molar-refractivity contribution >= 4 is 41.5 Å². The van der Waals surface area contributed by atoms with E-state index >= 15 is 0 Å². The Labute approximate surface area is 182 Å². The summed E-state index contributed by atoms with van der Waals surface area (Å²) in [6, 6.07) is 6.57. The minimum Gasteiger partial charge on any atom is -0.357 e. The van der Waals surface area contributed by atoms with Crippen molar-refractivity contribution in [1.82, 2.24) is 20.4 Å². The van der Waals surface area contributed by atoms with Gasteiger partial charge in [0.1, 0.15) is 5.82 Å². The van der Waals surface area contributed by atoms with Gasteiger partial charge in [0.15, 0.2) is 5.96 Å². The molecule has 0 aliphatic carbocycles. The smallest absolute Gasteiger partial charge is 0.191 e. The predicted molar refractivity (Wildman–Crippen MR) is 121 cm³/mol. The molecule has 0 fully saturated rings. The summed E-state index contributed by atoms with van der Waals surface area (Å²) in [5.41, 5.74) is 3.13. The summed E-state index contributed by atoms with van der Waals surface area (Å²) >= 11 is 6.06. The zero-order valence-electron chi connectivity index (χ0n) is 16.1. The Morgan fingerprint density at radius 2 is 2.04 bits per heavy atom. The second-order valence-electron chi connectivity index (χ2n) is 6.18. The molecule has 1 aromatic heterocycles. The van der Waals surface area contributed by atoms with Crippen LogP contribution in [0.1, 0.15) is 30.3 Å². The van der Waals surface area contributed by atoms with E-state index in [1.165, 1.54) is 17.8 Å². The van der Waals surface area contributed by atoms with Gasteiger partial charge in [-0.1, -0.05) is 17.7 Å². The van der Waals surface area contributed by atoms with Crippen molar-refractivity contribution < 1.29 is 4.39 Å². The van der Waals surface area contributed by atoms with Crippen LogP contribution in [0, 0.1) is 19.7 Å². The van der Waals surface area contributed by atoms with Crippen LogP contribution in [-0.2, 0) is 13.0 Å². The third-order valence-corrected chi connectivity index (χ3v) is 4.30. The van der Waals surface area contributed by atoms with Gasteiger partial charge in [0.2, 0.25) is 0 Å². The van der Waals surface area contributed by atoms with Crippen molar-refractivity contribution in [2.24, 2.45) is 4.99 Å². The van der Waals surface area contributed by atoms with Crippen molar-refractivity contribution in [3.63, 3.8) is 0 Å². The van der Waals surface area contributed by atoms with Gasteiger partial charge >= 0.3 is 0 Å². The molecule has 2 rings (SSSR count). The van der Waals surface area contributed by atoms with Crippen LogP contribution in [0.2, 0.25) is 5.02 Å². The third kappa shape index (κ3) is 8.04. The number of aryl methyl sites for hydroxylation is 3. The molecule has 2 N–H and O–H groups in total. The molecule has 0 saturated carbocycles. The lowest BCUT2D eigenvalue weighted by Gasteiger charge is -2.12. The Bertz CT molecular complexity index is 748. The number of nitrogens with zero attached hydrogens (tertiary/aromatic N) is 3. The quantitative estimate of drug-likeness (QED) is 0.245. The Hall–Kier alpha value is -1.35. The molecule has 27 heavy (non-hydrogen) atoms. The molecule has 0 spiro atoms. The Balaban J connectivity index is 0.00000364. The zero-order valence-corrected chi connectivity index (χ0v) is 19.1. The maximum absolute atomic E-state index is 13.1. The van der Waals surface area contributed by atoms with Crippen molar-refractivity contribution in [3.8, 4) is 0 Å². The average molecular weight is 508 g/mol. The van der Waals surface area contributed by atoms with Gasteiger partial charge in [-0.15, -0.1) is 24.0 Å². The van der Waals surface area contributed by atoms with Crippen molar-refractivity contribution in [2.75, 3.05) is 19.6 Å². The molecule has 5 nitrogen and oxygen atoms in total. The normalized spacial score (nSPS) is 11.2. The first-order valence-electron chi connectivity index (χ1n) is 8.96. The minimum atomic E-state index is -0.316. The van der Waals surface area contributed by atoms with Gasteiger partial charge in [-0.25, -0.2) is 4.39 Å². The van der Waals surface area contributed by atoms with Crippen LogP contribution >= 0.6 is 35.6 Å². The number of aliphatic imine (C=N–C) groups is 1. The van der Waals surface area contributed by atoms with E-state index in [9.17, 15) is 4.39 Å². The first-order chi connectivity index (χ1) is 12.5. The van der Waals surface area contributed by atoms with Gasteiger partial charge in [-0.05, 0) is 57.4 Å². The van der Waals surface area contributed by atoms with E-state index in [1.807, 2.05) is 18.5 Å². The van der Waals surface area contributed by atoms with E-state index in [2.05, 4.69) is 33.7 Å². The molecule has 0 aliphatic heterocycles. The van der Waals surface area contributed by atoms with Crippen LogP contribution in [0.15, 0.2) is 29.3 Å². The molecule has 0 unspecified atom stereocenters. The highest BCUT2D eigenvalue weighted by atomic mass is 127. The van der Waals surface area contributed by atoms with Crippen LogP contribution in [0.25, 0.3) is 0 Å². The van der Waals surface area contributed by atoms with Gasteiger partial charge in [0, 0.05) is 36.9 Å². The molecule has 0 radical (unpaired) electrons. The fourth-order valence-electron chi connectivity index (χ4n) is 2.69. The summed E-state index contributed by atoms with van der Waals surface area (Å²) in [7, 11) is 0. The number of hydrogen-bond acceptors (Lipinski definition) is 2. The van der Waals surface area contributed by atoms with Crippen LogP contribution < -0.4 is 10.6 Å². The summed E-state index contributed by atoms with van der Waals surface area (Å²) in [6.45, 7) is 9.13. The molecule has 1 aromatic carbocycles. The highest BCUT2D eigenvalue weighted by molar-refractivity contribution is 14.0. The van der Waals surface area contributed by atoms with E-state index in [4.69, 9.17) is 11.6 Å². The van der Waals surface area contributed by atoms with Crippen molar-refractivity contribution in [3.05, 3.63) is 52.1 Å². The predicted octanol–water partition coefficient (Wildman–Crippen LogP) is 4.10. The molecule has 150 valence electrons. The van der Waals surface area contributed by atoms with Crippen LogP contribution in [0.3, 0.4) is 0 Å². The molecule has 2 aromatic rings. The highest BCUT2D eigenvalue weighted by Gasteiger charge is 2.04. The number of rotatable bonds is 8. The molecule has 0 saturated heterocycles. The maximum atomic E-state index is 13.1. The van der Waals surface area contributed by atoms with E-state index < -0.39 is 0 Å². The van der Waals surface area contributed by atoms with Gasteiger partial charge < -0.3 is 10.6 Å². The standard InChI is InChI=1S/C19H27ClFN5.HI/c1-4-22-19(23-9-5-11-26-15(3)12-14(2)25-26)24-10-8-16-6-7-17(21)13-18(16)20;/h6-7,12-13H,4-5,8-11H2,1-3H3,(H2,22,23,24);1H. The largest absolute Gasteiger partial charge is 0.357 e. The molecule has 0 atom stereocenters. The second kappa shape index (κ2) is 12.2. The third-order valence-electron chi connectivity index (χ3n) is 3.95. The number of nitrogens with one attached hydrogen (secondary N) is 2. The highest BCUT2D eigenvalue weighted by Crippen LogP contribution is 2.17. The summed E-state index contributed by atoms with van der Waals surface area (Å²) in [6.07, 6.45) is 1.62. The molecular weight excluding hydrogens is 480 g/mol. The number of aromatic nitrogens is 2. The van der Waals surface area contributed by atoms with Crippen LogP contribution in [0.4, 0.5) is 4.39 Å². The summed E-state index contributed by atoms with van der Waals surface area (Å²) in [4.78, 5) is 4.59. The van der Waals surface area contributed by atoms with Gasteiger partial charge in [-0.3, -0.25) is 9.67 Å². The topological polar surface area (TPSA) is 54.2 Å². The molecule has 8 heteroatoms. The number of hydrogen-bond donors (Lipinski definition) is 2. The number of guanidine groups is 1. The van der Waals surface area contributed by atoms with Crippen molar-refractivity contribution in [1.29, 1.82) is 0 Å². The van der Waals surface area contributed by atoms with Crippen LogP contribution in [-0.4, -0.2) is 35.4 Å². The number of benzene rings is 1. The van der Waals surface area contributed by atoms with Crippen molar-refractivity contribution in [2.45, 2.75) is 40.2 Å².